The molecule has 8 heteroatoms. The van der Waals surface area contributed by atoms with Crippen molar-refractivity contribution >= 4 is 28.0 Å². The molecule has 178 valence electrons. The van der Waals surface area contributed by atoms with Crippen molar-refractivity contribution < 1.29 is 9.90 Å². The van der Waals surface area contributed by atoms with Gasteiger partial charge in [0.2, 0.25) is 5.82 Å². The van der Waals surface area contributed by atoms with Crippen LogP contribution in [0.5, 0.6) is 0 Å². The smallest absolute Gasteiger partial charge is 0.290 e. The molecule has 4 aromatic rings. The predicted molar refractivity (Wildman–Crippen MR) is 131 cm³/mol. The summed E-state index contributed by atoms with van der Waals surface area (Å²) >= 11 is 0. The van der Waals surface area contributed by atoms with E-state index < -0.39 is 5.60 Å². The first kappa shape index (κ1) is 21.8. The van der Waals surface area contributed by atoms with Gasteiger partial charge < -0.3 is 19.6 Å². The number of aromatic amines is 1. The molecule has 1 saturated carbocycles. The molecule has 1 aliphatic heterocycles. The van der Waals surface area contributed by atoms with Crippen LogP contribution < -0.4 is 0 Å². The number of β-amino-alcohol motifs (C(OH)–C–C–N with tert-alkyl or cyclic N) is 1. The molecule has 8 nitrogen and oxygen atoms in total. The summed E-state index contributed by atoms with van der Waals surface area (Å²) in [6, 6.07) is 14.0. The topological polar surface area (TPSA) is 111 Å². The zero-order valence-electron chi connectivity index (χ0n) is 19.5. The Morgan fingerprint density at radius 1 is 1.20 bits per heavy atom. The Morgan fingerprint density at radius 3 is 2.77 bits per heavy atom. The Morgan fingerprint density at radius 2 is 2.00 bits per heavy atom. The SMILES string of the molecule is N#CCC1CCC(n2c(C(=O)N3CCC(O)(c4ccccc4)C3)nc3cnc4[nH]ccc4c32)CC1. The second-order valence-electron chi connectivity index (χ2n) is 9.95. The molecule has 4 heterocycles. The third-order valence-electron chi connectivity index (χ3n) is 7.83. The van der Waals surface area contributed by atoms with Crippen molar-refractivity contribution in [2.75, 3.05) is 13.1 Å². The second kappa shape index (κ2) is 8.51. The average molecular weight is 469 g/mol. The number of likely N-dealkylation sites (tertiary alicyclic amines) is 1. The number of rotatable bonds is 4. The van der Waals surface area contributed by atoms with Crippen molar-refractivity contribution in [2.24, 2.45) is 5.92 Å². The van der Waals surface area contributed by atoms with Gasteiger partial charge in [-0.25, -0.2) is 9.97 Å². The Balaban J connectivity index is 1.38. The van der Waals surface area contributed by atoms with E-state index in [9.17, 15) is 9.90 Å². The van der Waals surface area contributed by atoms with Gasteiger partial charge >= 0.3 is 0 Å². The van der Waals surface area contributed by atoms with Crippen molar-refractivity contribution in [1.82, 2.24) is 24.4 Å². The minimum atomic E-state index is -1.06. The van der Waals surface area contributed by atoms with E-state index in [1.165, 1.54) is 0 Å². The quantitative estimate of drug-likeness (QED) is 0.464. The van der Waals surface area contributed by atoms with E-state index in [-0.39, 0.29) is 18.5 Å². The molecule has 3 aromatic heterocycles. The third kappa shape index (κ3) is 3.67. The van der Waals surface area contributed by atoms with Crippen molar-refractivity contribution in [2.45, 2.75) is 50.2 Å². The number of amides is 1. The zero-order chi connectivity index (χ0) is 24.0. The van der Waals surface area contributed by atoms with Gasteiger partial charge in [0.05, 0.1) is 24.3 Å². The molecule has 0 radical (unpaired) electrons. The molecule has 2 N–H and O–H groups in total. The highest BCUT2D eigenvalue weighted by Crippen LogP contribution is 2.39. The van der Waals surface area contributed by atoms with Gasteiger partial charge in [0.15, 0.2) is 0 Å². The number of pyridine rings is 1. The minimum absolute atomic E-state index is 0.130. The number of fused-ring (bicyclic) bond motifs is 3. The first-order valence-electron chi connectivity index (χ1n) is 12.4. The molecule has 0 bridgehead atoms. The molecule has 1 aliphatic carbocycles. The lowest BCUT2D eigenvalue weighted by atomic mass is 9.84. The van der Waals surface area contributed by atoms with Crippen LogP contribution in [0.15, 0.2) is 48.8 Å². The average Bonchev–Trinajstić information content (AvgIpc) is 3.61. The third-order valence-corrected chi connectivity index (χ3v) is 7.83. The van der Waals surface area contributed by atoms with Crippen LogP contribution in [-0.4, -0.2) is 48.5 Å². The number of nitrogens with one attached hydrogen (secondary N) is 1. The Kier molecular flexibility index (Phi) is 5.30. The van der Waals surface area contributed by atoms with Gasteiger partial charge in [-0.05, 0) is 49.7 Å². The molecule has 35 heavy (non-hydrogen) atoms. The summed E-state index contributed by atoms with van der Waals surface area (Å²) < 4.78 is 2.12. The van der Waals surface area contributed by atoms with E-state index >= 15 is 0 Å². The maximum atomic E-state index is 13.9. The van der Waals surface area contributed by atoms with Gasteiger partial charge in [0, 0.05) is 30.6 Å². The number of aromatic nitrogens is 4. The highest BCUT2D eigenvalue weighted by molar-refractivity contribution is 6.04. The fourth-order valence-corrected chi connectivity index (χ4v) is 5.93. The number of H-pyrrole nitrogens is 1. The van der Waals surface area contributed by atoms with E-state index in [0.717, 1.165) is 47.8 Å². The Labute approximate surface area is 203 Å². The van der Waals surface area contributed by atoms with Gasteiger partial charge in [0.25, 0.3) is 5.91 Å². The van der Waals surface area contributed by atoms with Crippen LogP contribution in [-0.2, 0) is 5.60 Å². The highest BCUT2D eigenvalue weighted by atomic mass is 16.3. The number of nitrogens with zero attached hydrogens (tertiary/aromatic N) is 5. The van der Waals surface area contributed by atoms with Crippen molar-refractivity contribution in [1.29, 1.82) is 5.26 Å². The summed E-state index contributed by atoms with van der Waals surface area (Å²) in [6.07, 6.45) is 8.40. The van der Waals surface area contributed by atoms with Gasteiger partial charge in [-0.1, -0.05) is 30.3 Å². The highest BCUT2D eigenvalue weighted by Gasteiger charge is 2.41. The molecule has 1 amide bonds. The number of aliphatic hydroxyl groups is 1. The van der Waals surface area contributed by atoms with E-state index in [2.05, 4.69) is 20.6 Å². The lowest BCUT2D eigenvalue weighted by molar-refractivity contribution is 0.0411. The molecular weight excluding hydrogens is 440 g/mol. The molecular formula is C27H28N6O2. The molecule has 1 unspecified atom stereocenters. The monoisotopic (exact) mass is 468 g/mol. The molecule has 1 atom stereocenters. The fraction of sp³-hybridized carbons (Fsp3) is 0.407. The van der Waals surface area contributed by atoms with Crippen molar-refractivity contribution in [3.05, 3.63) is 60.2 Å². The van der Waals surface area contributed by atoms with Gasteiger partial charge in [-0.3, -0.25) is 4.79 Å². The molecule has 1 aromatic carbocycles. The second-order valence-corrected chi connectivity index (χ2v) is 9.95. The standard InChI is InChI=1S/C27H28N6O2/c28-13-10-18-6-8-20(9-7-18)33-23-21-11-14-29-24(21)30-16-22(23)31-25(33)26(34)32-15-12-27(35,17-32)19-4-2-1-3-5-19/h1-5,11,14,16,18,20,35H,6-10,12,15,17H2,(H,29,30). The maximum absolute atomic E-state index is 13.9. The fourth-order valence-electron chi connectivity index (χ4n) is 5.93. The van der Waals surface area contributed by atoms with Crippen LogP contribution in [0.3, 0.4) is 0 Å². The number of imidazole rings is 1. The number of hydrogen-bond acceptors (Lipinski definition) is 5. The summed E-state index contributed by atoms with van der Waals surface area (Å²) in [5.74, 6) is 0.672. The Bertz CT molecular complexity index is 1430. The maximum Gasteiger partial charge on any atom is 0.290 e. The van der Waals surface area contributed by atoms with Crippen LogP contribution in [0.4, 0.5) is 0 Å². The summed E-state index contributed by atoms with van der Waals surface area (Å²) in [7, 11) is 0. The molecule has 2 fully saturated rings. The largest absolute Gasteiger partial charge is 0.383 e. The number of carbonyl (C=O) groups is 1. The number of carbonyl (C=O) groups excluding carboxylic acids is 1. The Hall–Kier alpha value is -3.70. The number of benzene rings is 1. The molecule has 2 aliphatic rings. The van der Waals surface area contributed by atoms with Crippen LogP contribution >= 0.6 is 0 Å². The lowest BCUT2D eigenvalue weighted by Gasteiger charge is -2.30. The predicted octanol–water partition coefficient (Wildman–Crippen LogP) is 4.29. The minimum Gasteiger partial charge on any atom is -0.383 e. The van der Waals surface area contributed by atoms with E-state index in [0.29, 0.717) is 36.6 Å². The van der Waals surface area contributed by atoms with Crippen molar-refractivity contribution in [3.63, 3.8) is 0 Å². The summed E-state index contributed by atoms with van der Waals surface area (Å²) in [5, 5.41) is 21.4. The van der Waals surface area contributed by atoms with Gasteiger partial charge in [-0.2, -0.15) is 5.26 Å². The zero-order valence-corrected chi connectivity index (χ0v) is 19.5. The summed E-state index contributed by atoms with van der Waals surface area (Å²) in [6.45, 7) is 0.714. The van der Waals surface area contributed by atoms with Crippen LogP contribution in [0.25, 0.3) is 22.1 Å². The van der Waals surface area contributed by atoms with E-state index in [1.807, 2.05) is 42.6 Å². The van der Waals surface area contributed by atoms with E-state index in [4.69, 9.17) is 10.2 Å². The normalized spacial score (nSPS) is 24.7. The molecule has 1 saturated heterocycles. The first-order valence-corrected chi connectivity index (χ1v) is 12.4. The van der Waals surface area contributed by atoms with Gasteiger partial charge in [0.1, 0.15) is 16.8 Å². The molecule has 6 rings (SSSR count). The van der Waals surface area contributed by atoms with Gasteiger partial charge in [-0.15, -0.1) is 0 Å². The lowest BCUT2D eigenvalue weighted by Crippen LogP contribution is -2.36. The van der Waals surface area contributed by atoms with Crippen LogP contribution in [0.1, 0.15) is 60.7 Å². The van der Waals surface area contributed by atoms with Crippen LogP contribution in [0, 0.1) is 17.2 Å². The number of hydrogen-bond donors (Lipinski definition) is 2. The first-order chi connectivity index (χ1) is 17.1. The molecule has 0 spiro atoms. The van der Waals surface area contributed by atoms with E-state index in [1.54, 1.807) is 11.1 Å². The summed E-state index contributed by atoms with van der Waals surface area (Å²) in [5.41, 5.74) is 2.18. The van der Waals surface area contributed by atoms with Crippen LogP contribution in [0.2, 0.25) is 0 Å². The van der Waals surface area contributed by atoms with Crippen molar-refractivity contribution in [3.8, 4) is 6.07 Å². The number of nitriles is 1. The summed E-state index contributed by atoms with van der Waals surface area (Å²) in [4.78, 5) is 28.1.